The van der Waals surface area contributed by atoms with Crippen molar-refractivity contribution in [3.63, 3.8) is 0 Å². The van der Waals surface area contributed by atoms with Gasteiger partial charge in [-0.05, 0) is 145 Å². The fourth-order valence-electron chi connectivity index (χ4n) is 10.3. The van der Waals surface area contributed by atoms with Gasteiger partial charge in [0.15, 0.2) is 0 Å². The maximum absolute atomic E-state index is 3.59. The van der Waals surface area contributed by atoms with Crippen LogP contribution in [0.25, 0.3) is 0 Å². The first-order valence-electron chi connectivity index (χ1n) is 22.5. The van der Waals surface area contributed by atoms with Gasteiger partial charge in [0.2, 0.25) is 0 Å². The summed E-state index contributed by atoms with van der Waals surface area (Å²) in [5.41, 5.74) is 16.2. The van der Waals surface area contributed by atoms with E-state index in [2.05, 4.69) is 314 Å². The highest BCUT2D eigenvalue weighted by Crippen LogP contribution is 2.57. The SMILES string of the molecule is Brc1ccc(I)cc1.Brc1ccc(N2c3ccccc3C(c3ccccc3)(c3ccccc3)c3ccccc32)cc1.c1ccc(C2(c3ccccc3)c3ccccc3Cc3ccccc32)cc1. The highest BCUT2D eigenvalue weighted by Gasteiger charge is 2.46. The van der Waals surface area contributed by atoms with Gasteiger partial charge >= 0.3 is 0 Å². The number of hydrogen-bond donors (Lipinski definition) is 0. The molecule has 67 heavy (non-hydrogen) atoms. The lowest BCUT2D eigenvalue weighted by Crippen LogP contribution is -2.37. The van der Waals surface area contributed by atoms with E-state index in [1.54, 1.807) is 0 Å². The predicted octanol–water partition coefficient (Wildman–Crippen LogP) is 17.6. The molecule has 1 aliphatic carbocycles. The van der Waals surface area contributed by atoms with Gasteiger partial charge in [0.1, 0.15) is 0 Å². The number of para-hydroxylation sites is 2. The van der Waals surface area contributed by atoms with Gasteiger partial charge in [-0.25, -0.2) is 0 Å². The summed E-state index contributed by atoms with van der Waals surface area (Å²) < 4.78 is 3.48. The molecule has 4 heteroatoms. The van der Waals surface area contributed by atoms with Crippen LogP contribution in [-0.2, 0) is 17.3 Å². The molecule has 0 amide bonds. The Balaban J connectivity index is 0.000000137. The van der Waals surface area contributed by atoms with E-state index in [4.69, 9.17) is 0 Å². The molecular formula is C63H46Br2IN. The minimum Gasteiger partial charge on any atom is -0.310 e. The largest absolute Gasteiger partial charge is 0.310 e. The average molecular weight is 1100 g/mol. The van der Waals surface area contributed by atoms with Crippen LogP contribution in [0, 0.1) is 3.57 Å². The zero-order valence-electron chi connectivity index (χ0n) is 36.7. The average Bonchev–Trinajstić information content (AvgIpc) is 3.40. The first-order chi connectivity index (χ1) is 33.0. The molecule has 0 N–H and O–H groups in total. The molecule has 0 radical (unpaired) electrons. The molecule has 0 atom stereocenters. The molecular weight excluding hydrogens is 1060 g/mol. The van der Waals surface area contributed by atoms with Gasteiger partial charge in [-0.15, -0.1) is 0 Å². The zero-order valence-corrected chi connectivity index (χ0v) is 42.0. The molecule has 0 bridgehead atoms. The summed E-state index contributed by atoms with van der Waals surface area (Å²) in [7, 11) is 0. The number of halogens is 3. The van der Waals surface area contributed by atoms with Crippen LogP contribution in [0.5, 0.6) is 0 Å². The second-order valence-electron chi connectivity index (χ2n) is 16.7. The Hall–Kier alpha value is -6.31. The van der Waals surface area contributed by atoms with Gasteiger partial charge in [-0.1, -0.05) is 238 Å². The second kappa shape index (κ2) is 19.9. The van der Waals surface area contributed by atoms with Crippen molar-refractivity contribution in [2.45, 2.75) is 17.3 Å². The summed E-state index contributed by atoms with van der Waals surface area (Å²) in [6.45, 7) is 0. The molecule has 2 aliphatic rings. The van der Waals surface area contributed by atoms with E-state index >= 15 is 0 Å². The molecule has 0 saturated carbocycles. The maximum Gasteiger partial charge on any atom is 0.0742 e. The lowest BCUT2D eigenvalue weighted by Gasteiger charge is -2.46. The Morgan fingerprint density at radius 3 is 0.985 bits per heavy atom. The van der Waals surface area contributed by atoms with Crippen molar-refractivity contribution >= 4 is 71.5 Å². The lowest BCUT2D eigenvalue weighted by molar-refractivity contribution is 0.703. The molecule has 0 spiro atoms. The molecule has 10 aromatic carbocycles. The summed E-state index contributed by atoms with van der Waals surface area (Å²) in [6.07, 6.45) is 0.994. The van der Waals surface area contributed by atoms with Crippen LogP contribution in [0.1, 0.15) is 55.6 Å². The third kappa shape index (κ3) is 8.41. The van der Waals surface area contributed by atoms with Crippen LogP contribution in [-0.4, -0.2) is 0 Å². The van der Waals surface area contributed by atoms with E-state index in [0.717, 1.165) is 21.1 Å². The molecule has 324 valence electrons. The van der Waals surface area contributed by atoms with E-state index < -0.39 is 5.41 Å². The Kier molecular flexibility index (Phi) is 13.2. The van der Waals surface area contributed by atoms with Gasteiger partial charge < -0.3 is 4.90 Å². The van der Waals surface area contributed by atoms with Crippen LogP contribution in [0.15, 0.2) is 276 Å². The van der Waals surface area contributed by atoms with E-state index in [-0.39, 0.29) is 5.41 Å². The second-order valence-corrected chi connectivity index (χ2v) is 19.8. The molecule has 0 saturated heterocycles. The third-order valence-corrected chi connectivity index (χ3v) is 14.8. The molecule has 0 aromatic heterocycles. The monoisotopic (exact) mass is 1100 g/mol. The minimum absolute atomic E-state index is 0.270. The minimum atomic E-state index is -0.415. The van der Waals surface area contributed by atoms with Crippen molar-refractivity contribution < 1.29 is 0 Å². The highest BCUT2D eigenvalue weighted by molar-refractivity contribution is 14.1. The summed E-state index contributed by atoms with van der Waals surface area (Å²) in [5, 5.41) is 0. The number of benzene rings is 10. The molecule has 0 fully saturated rings. The molecule has 10 aromatic rings. The summed E-state index contributed by atoms with van der Waals surface area (Å²) in [6, 6.07) is 96.0. The summed E-state index contributed by atoms with van der Waals surface area (Å²) in [4.78, 5) is 2.39. The number of nitrogens with zero attached hydrogens (tertiary/aromatic N) is 1. The number of hydrogen-bond acceptors (Lipinski definition) is 1. The zero-order chi connectivity index (χ0) is 45.6. The Morgan fingerprint density at radius 2 is 0.612 bits per heavy atom. The molecule has 1 nitrogen and oxygen atoms in total. The third-order valence-electron chi connectivity index (χ3n) is 13.0. The van der Waals surface area contributed by atoms with Crippen molar-refractivity contribution in [3.8, 4) is 0 Å². The van der Waals surface area contributed by atoms with Gasteiger partial charge in [0.05, 0.1) is 22.2 Å². The first kappa shape index (κ1) is 44.5. The normalized spacial score (nSPS) is 13.4. The lowest BCUT2D eigenvalue weighted by atomic mass is 9.60. The van der Waals surface area contributed by atoms with Crippen LogP contribution in [0.4, 0.5) is 17.1 Å². The maximum atomic E-state index is 3.59. The smallest absolute Gasteiger partial charge is 0.0742 e. The topological polar surface area (TPSA) is 3.24 Å². The summed E-state index contributed by atoms with van der Waals surface area (Å²) in [5.74, 6) is 0. The van der Waals surface area contributed by atoms with E-state index in [9.17, 15) is 0 Å². The van der Waals surface area contributed by atoms with E-state index in [1.165, 1.54) is 70.6 Å². The fraction of sp³-hybridized carbons (Fsp3) is 0.0476. The highest BCUT2D eigenvalue weighted by atomic mass is 127. The Labute approximate surface area is 425 Å². The van der Waals surface area contributed by atoms with Crippen LogP contribution >= 0.6 is 54.5 Å². The molecule has 1 heterocycles. The van der Waals surface area contributed by atoms with Crippen molar-refractivity contribution in [2.24, 2.45) is 0 Å². The molecule has 1 aliphatic heterocycles. The Bertz CT molecular complexity index is 3030. The Morgan fingerprint density at radius 1 is 0.313 bits per heavy atom. The summed E-state index contributed by atoms with van der Waals surface area (Å²) >= 11 is 9.21. The van der Waals surface area contributed by atoms with Gasteiger partial charge in [-0.3, -0.25) is 0 Å². The van der Waals surface area contributed by atoms with Crippen molar-refractivity contribution in [1.29, 1.82) is 0 Å². The number of fused-ring (bicyclic) bond motifs is 4. The molecule has 0 unspecified atom stereocenters. The first-order valence-corrected chi connectivity index (χ1v) is 25.2. The van der Waals surface area contributed by atoms with Crippen molar-refractivity contribution in [3.05, 3.63) is 335 Å². The number of rotatable bonds is 5. The quantitative estimate of drug-likeness (QED) is 0.155. The van der Waals surface area contributed by atoms with Crippen LogP contribution in [0.3, 0.4) is 0 Å². The van der Waals surface area contributed by atoms with Crippen molar-refractivity contribution in [1.82, 2.24) is 0 Å². The van der Waals surface area contributed by atoms with E-state index in [1.807, 2.05) is 12.1 Å². The van der Waals surface area contributed by atoms with Crippen LogP contribution < -0.4 is 4.90 Å². The number of anilines is 3. The van der Waals surface area contributed by atoms with E-state index in [0.29, 0.717) is 0 Å². The van der Waals surface area contributed by atoms with Crippen molar-refractivity contribution in [2.75, 3.05) is 4.90 Å². The van der Waals surface area contributed by atoms with Crippen LogP contribution in [0.2, 0.25) is 0 Å². The predicted molar refractivity (Wildman–Crippen MR) is 295 cm³/mol. The fourth-order valence-corrected chi connectivity index (χ4v) is 11.2. The van der Waals surface area contributed by atoms with Gasteiger partial charge in [0.25, 0.3) is 0 Å². The molecule has 12 rings (SSSR count). The van der Waals surface area contributed by atoms with Gasteiger partial charge in [0, 0.05) is 18.2 Å². The van der Waals surface area contributed by atoms with Gasteiger partial charge in [-0.2, -0.15) is 0 Å². The standard InChI is InChI=1S/C31H22BrN.C26H20.C6H4BrI/c32-25-19-21-26(22-20-25)33-29-17-9-7-15-27(29)31(23-11-3-1-4-12-23,24-13-5-2-6-14-24)28-16-8-10-18-30(28)33;1-3-13-22(14-4-1)26(23-15-5-2-6-16-23)24-17-9-7-11-20(24)19-21-12-8-10-18-25(21)26;7-5-1-3-6(8)4-2-5/h1-22H;1-18H,19H2;1-4H.